The third-order valence-corrected chi connectivity index (χ3v) is 0.816. The van der Waals surface area contributed by atoms with Crippen LogP contribution in [0.4, 0.5) is 0 Å². The first-order valence-electron chi connectivity index (χ1n) is 2.44. The fourth-order valence-electron chi connectivity index (χ4n) is 0. The normalized spacial score (nSPS) is 7.43. The first-order valence-corrected chi connectivity index (χ1v) is 3.77. The zero-order valence-corrected chi connectivity index (χ0v) is 6.73. The lowest BCUT2D eigenvalue weighted by atomic mass is 10.2. The molecule has 0 atom stereocenters. The van der Waals surface area contributed by atoms with Crippen LogP contribution < -0.4 is 0 Å². The molecule has 0 aromatic heterocycles. The quantitative estimate of drug-likeness (QED) is 0.541. The van der Waals surface area contributed by atoms with Gasteiger partial charge in [0.25, 0.3) is 0 Å². The highest BCUT2D eigenvalue weighted by Gasteiger charge is 1.80. The van der Waals surface area contributed by atoms with E-state index in [2.05, 4.69) is 43.1 Å². The Kier molecular flexibility index (Phi) is 14.4. The Balaban J connectivity index is 0. The number of hydrogen-bond acceptors (Lipinski definition) is 2. The van der Waals surface area contributed by atoms with Crippen LogP contribution in [0.3, 0.4) is 0 Å². The van der Waals surface area contributed by atoms with Crippen molar-refractivity contribution in [2.24, 2.45) is 5.92 Å². The second kappa shape index (κ2) is 9.67. The van der Waals surface area contributed by atoms with Crippen molar-refractivity contribution < 1.29 is 0 Å². The smallest absolute Gasteiger partial charge is 0 e. The lowest BCUT2D eigenvalue weighted by Crippen LogP contribution is -1.77. The van der Waals surface area contributed by atoms with Crippen molar-refractivity contribution in [2.45, 2.75) is 27.2 Å². The highest BCUT2D eigenvalue weighted by molar-refractivity contribution is 8.07. The minimum Gasteiger partial charge on any atom is -0.0651 e. The summed E-state index contributed by atoms with van der Waals surface area (Å²) in [7, 11) is 0. The first-order chi connectivity index (χ1) is 3.27. The predicted molar refractivity (Wildman–Crippen MR) is 39.9 cm³/mol. The molecule has 0 rings (SSSR count). The van der Waals surface area contributed by atoms with Crippen LogP contribution in [0.15, 0.2) is 0 Å². The zero-order chi connectivity index (χ0) is 6.28. The summed E-state index contributed by atoms with van der Waals surface area (Å²) in [5.74, 6) is 0.884. The molecule has 0 saturated carbocycles. The molecule has 0 N–H and O–H groups in total. The molecule has 0 spiro atoms. The topological polar surface area (TPSA) is 0 Å². The summed E-state index contributed by atoms with van der Waals surface area (Å²) in [6.07, 6.45) is 1.31. The van der Waals surface area contributed by atoms with Crippen LogP contribution in [-0.2, 0) is 22.4 Å². The van der Waals surface area contributed by atoms with Crippen molar-refractivity contribution in [3.05, 3.63) is 0 Å². The van der Waals surface area contributed by atoms with Crippen LogP contribution in [0, 0.1) is 5.92 Å². The van der Waals surface area contributed by atoms with Gasteiger partial charge in [0.2, 0.25) is 0 Å². The summed E-state index contributed by atoms with van der Waals surface area (Å²) >= 11 is 7.33. The van der Waals surface area contributed by atoms with Crippen LogP contribution in [-0.4, -0.2) is 0 Å². The summed E-state index contributed by atoms with van der Waals surface area (Å²) < 4.78 is 0. The molecule has 0 aliphatic heterocycles. The fourth-order valence-corrected chi connectivity index (χ4v) is 0. The molecule has 0 saturated heterocycles. The molecular formula is C5H12S2. The number of hydrogen-bond donors (Lipinski definition) is 0. The first kappa shape index (κ1) is 10.4. The average molecular weight is 136 g/mol. The Morgan fingerprint density at radius 2 is 1.43 bits per heavy atom. The van der Waals surface area contributed by atoms with E-state index >= 15 is 0 Å². The van der Waals surface area contributed by atoms with E-state index in [1.54, 1.807) is 0 Å². The monoisotopic (exact) mass is 136 g/mol. The highest BCUT2D eigenvalue weighted by atomic mass is 32.8. The van der Waals surface area contributed by atoms with E-state index in [1.165, 1.54) is 6.42 Å². The van der Waals surface area contributed by atoms with Crippen molar-refractivity contribution in [3.8, 4) is 0 Å². The molecule has 0 aliphatic carbocycles. The van der Waals surface area contributed by atoms with E-state index in [9.17, 15) is 0 Å². The third-order valence-electron chi connectivity index (χ3n) is 0.816. The lowest BCUT2D eigenvalue weighted by molar-refractivity contribution is 0.626. The molecule has 0 unspecified atom stereocenters. The summed E-state index contributed by atoms with van der Waals surface area (Å²) in [6.45, 7) is 6.64. The van der Waals surface area contributed by atoms with Gasteiger partial charge in [-0.15, -0.1) is 0 Å². The van der Waals surface area contributed by atoms with Gasteiger partial charge in [-0.05, 0) is 5.92 Å². The largest absolute Gasteiger partial charge is 0.0651 e. The van der Waals surface area contributed by atoms with Gasteiger partial charge >= 0.3 is 0 Å². The van der Waals surface area contributed by atoms with Crippen molar-refractivity contribution in [3.63, 3.8) is 0 Å². The van der Waals surface area contributed by atoms with Crippen molar-refractivity contribution >= 4 is 22.4 Å². The van der Waals surface area contributed by atoms with E-state index in [0.717, 1.165) is 5.92 Å². The van der Waals surface area contributed by atoms with Gasteiger partial charge in [0.15, 0.2) is 0 Å². The fraction of sp³-hybridized carbons (Fsp3) is 1.00. The van der Waals surface area contributed by atoms with E-state index in [-0.39, 0.29) is 0 Å². The molecule has 7 heavy (non-hydrogen) atoms. The van der Waals surface area contributed by atoms with Crippen molar-refractivity contribution in [1.29, 1.82) is 0 Å². The molecule has 0 aromatic rings. The van der Waals surface area contributed by atoms with Crippen LogP contribution in [0.2, 0.25) is 0 Å². The minimum atomic E-state index is 0.884. The summed E-state index contributed by atoms with van der Waals surface area (Å²) in [6, 6.07) is 0. The molecule has 0 aliphatic rings. The van der Waals surface area contributed by atoms with Gasteiger partial charge in [0, 0.05) is 22.4 Å². The molecule has 0 radical (unpaired) electrons. The second-order valence-corrected chi connectivity index (χ2v) is 1.80. The Bertz CT molecular complexity index is 27.3. The molecule has 44 valence electrons. The summed E-state index contributed by atoms with van der Waals surface area (Å²) in [5, 5.41) is 0. The highest BCUT2D eigenvalue weighted by Crippen LogP contribution is 1.93. The molecule has 0 amide bonds. The van der Waals surface area contributed by atoms with Gasteiger partial charge in [-0.1, -0.05) is 27.2 Å². The van der Waals surface area contributed by atoms with E-state index in [4.69, 9.17) is 0 Å². The van der Waals surface area contributed by atoms with Gasteiger partial charge in [-0.25, -0.2) is 0 Å². The van der Waals surface area contributed by atoms with Gasteiger partial charge < -0.3 is 0 Å². The van der Waals surface area contributed by atoms with Crippen LogP contribution in [0.5, 0.6) is 0 Å². The third kappa shape index (κ3) is 21.3. The molecule has 0 heterocycles. The molecular weight excluding hydrogens is 124 g/mol. The van der Waals surface area contributed by atoms with E-state index < -0.39 is 0 Å². The maximum atomic E-state index is 3.67. The van der Waals surface area contributed by atoms with Gasteiger partial charge in [0.1, 0.15) is 0 Å². The summed E-state index contributed by atoms with van der Waals surface area (Å²) in [4.78, 5) is 0. The second-order valence-electron chi connectivity index (χ2n) is 1.80. The maximum Gasteiger partial charge on any atom is 0 e. The standard InChI is InChI=1S/C5H12.S2/c1-4-5(2)3;1-2/h5H,4H2,1-3H3;. The molecule has 0 bridgehead atoms. The Morgan fingerprint density at radius 1 is 1.29 bits per heavy atom. The Morgan fingerprint density at radius 3 is 1.43 bits per heavy atom. The van der Waals surface area contributed by atoms with E-state index in [1.807, 2.05) is 0 Å². The molecule has 0 fully saturated rings. The number of rotatable bonds is 1. The zero-order valence-electron chi connectivity index (χ0n) is 5.10. The molecule has 0 aromatic carbocycles. The molecule has 0 nitrogen and oxygen atoms in total. The van der Waals surface area contributed by atoms with Crippen molar-refractivity contribution in [1.82, 2.24) is 0 Å². The summed E-state index contributed by atoms with van der Waals surface area (Å²) in [5.41, 5.74) is 0. The molecule has 2 heteroatoms. The SMILES string of the molecule is CCC(C)C.S=S. The maximum absolute atomic E-state index is 3.67. The Labute approximate surface area is 56.0 Å². The van der Waals surface area contributed by atoms with Crippen LogP contribution >= 0.6 is 0 Å². The van der Waals surface area contributed by atoms with Crippen molar-refractivity contribution in [2.75, 3.05) is 0 Å². The lowest BCUT2D eigenvalue weighted by Gasteiger charge is -1.90. The van der Waals surface area contributed by atoms with Crippen LogP contribution in [0.1, 0.15) is 27.2 Å². The van der Waals surface area contributed by atoms with Crippen LogP contribution in [0.25, 0.3) is 0 Å². The van der Waals surface area contributed by atoms with E-state index in [0.29, 0.717) is 0 Å². The predicted octanol–water partition coefficient (Wildman–Crippen LogP) is 2.05. The Hall–Kier alpha value is 0.440. The van der Waals surface area contributed by atoms with Gasteiger partial charge in [-0.3, -0.25) is 0 Å². The minimum absolute atomic E-state index is 0.884. The average Bonchev–Trinajstić information content (AvgIpc) is 1.73. The van der Waals surface area contributed by atoms with Gasteiger partial charge in [0.05, 0.1) is 0 Å². The van der Waals surface area contributed by atoms with Gasteiger partial charge in [-0.2, -0.15) is 0 Å².